The molecule has 2 aliphatic heterocycles. The lowest BCUT2D eigenvalue weighted by atomic mass is 10.00. The van der Waals surface area contributed by atoms with Gasteiger partial charge in [-0.15, -0.1) is 0 Å². The van der Waals surface area contributed by atoms with Crippen LogP contribution in [0.3, 0.4) is 0 Å². The van der Waals surface area contributed by atoms with Gasteiger partial charge in [-0.05, 0) is 25.0 Å². The Bertz CT molecular complexity index is 1130. The molecule has 0 bridgehead atoms. The molecule has 2 aromatic carbocycles. The van der Waals surface area contributed by atoms with E-state index in [1.54, 1.807) is 24.3 Å². The standard InChI is InChI=1S/C22H23N3O4S/c1-15-7-9-18(10-8-15)30(26,27)29-22-19-13-23-12-17(19)14-25(22)21-11-20(28-24-21)16-5-3-2-4-6-16/h2-11,17,19,22-23H,12-14H2,1H3. The monoisotopic (exact) mass is 425 g/mol. The molecule has 8 heteroatoms. The van der Waals surface area contributed by atoms with E-state index in [0.717, 1.165) is 17.7 Å². The van der Waals surface area contributed by atoms with E-state index in [1.807, 2.05) is 48.2 Å². The molecule has 0 spiro atoms. The van der Waals surface area contributed by atoms with Crippen molar-refractivity contribution in [2.75, 3.05) is 24.5 Å². The van der Waals surface area contributed by atoms with Crippen LogP contribution >= 0.6 is 0 Å². The number of hydrogen-bond donors (Lipinski definition) is 1. The molecule has 30 heavy (non-hydrogen) atoms. The summed E-state index contributed by atoms with van der Waals surface area (Å²) in [7, 11) is -3.91. The maximum atomic E-state index is 13.0. The minimum absolute atomic E-state index is 0.0575. The van der Waals surface area contributed by atoms with Crippen LogP contribution < -0.4 is 10.2 Å². The van der Waals surface area contributed by atoms with Gasteiger partial charge in [0.05, 0.1) is 4.90 Å². The van der Waals surface area contributed by atoms with Crippen LogP contribution in [0.4, 0.5) is 5.82 Å². The summed E-state index contributed by atoms with van der Waals surface area (Å²) in [6, 6.07) is 18.3. The fourth-order valence-corrected chi connectivity index (χ4v) is 5.34. The molecular weight excluding hydrogens is 402 g/mol. The fraction of sp³-hybridized carbons (Fsp3) is 0.318. The highest BCUT2D eigenvalue weighted by molar-refractivity contribution is 7.86. The van der Waals surface area contributed by atoms with Crippen molar-refractivity contribution < 1.29 is 17.1 Å². The molecule has 3 atom stereocenters. The zero-order chi connectivity index (χ0) is 20.7. The maximum absolute atomic E-state index is 13.0. The molecule has 2 fully saturated rings. The molecule has 0 saturated carbocycles. The topological polar surface area (TPSA) is 84.7 Å². The second-order valence-electron chi connectivity index (χ2n) is 7.90. The Hall–Kier alpha value is -2.68. The Morgan fingerprint density at radius 1 is 1.10 bits per heavy atom. The van der Waals surface area contributed by atoms with Crippen molar-refractivity contribution in [3.8, 4) is 11.3 Å². The lowest BCUT2D eigenvalue weighted by Gasteiger charge is -2.26. The van der Waals surface area contributed by atoms with Gasteiger partial charge >= 0.3 is 0 Å². The van der Waals surface area contributed by atoms with Crippen molar-refractivity contribution in [2.45, 2.75) is 18.0 Å². The Labute approximate surface area is 175 Å². The summed E-state index contributed by atoms with van der Waals surface area (Å²) in [6.07, 6.45) is -0.634. The normalized spacial score (nSPS) is 23.6. The van der Waals surface area contributed by atoms with Gasteiger partial charge in [-0.1, -0.05) is 53.2 Å². The lowest BCUT2D eigenvalue weighted by molar-refractivity contribution is 0.166. The van der Waals surface area contributed by atoms with Gasteiger partial charge in [0.2, 0.25) is 0 Å². The third-order valence-corrected chi connectivity index (χ3v) is 7.18. The van der Waals surface area contributed by atoms with Crippen LogP contribution in [0.25, 0.3) is 11.3 Å². The molecule has 1 aromatic heterocycles. The number of aromatic nitrogens is 1. The number of nitrogens with zero attached hydrogens (tertiary/aromatic N) is 2. The largest absolute Gasteiger partial charge is 0.354 e. The Morgan fingerprint density at radius 3 is 2.63 bits per heavy atom. The van der Waals surface area contributed by atoms with E-state index < -0.39 is 16.3 Å². The molecule has 2 aliphatic rings. The van der Waals surface area contributed by atoms with E-state index in [1.165, 1.54) is 0 Å². The third-order valence-electron chi connectivity index (χ3n) is 5.88. The average Bonchev–Trinajstić information content (AvgIpc) is 3.46. The number of anilines is 1. The zero-order valence-electron chi connectivity index (χ0n) is 16.6. The predicted molar refractivity (Wildman–Crippen MR) is 112 cm³/mol. The van der Waals surface area contributed by atoms with E-state index in [2.05, 4.69) is 10.5 Å². The van der Waals surface area contributed by atoms with Crippen LogP contribution in [0, 0.1) is 18.8 Å². The van der Waals surface area contributed by atoms with Gasteiger partial charge in [0.25, 0.3) is 10.1 Å². The van der Waals surface area contributed by atoms with Gasteiger partial charge in [-0.3, -0.25) is 0 Å². The van der Waals surface area contributed by atoms with Crippen molar-refractivity contribution in [1.29, 1.82) is 0 Å². The molecule has 0 radical (unpaired) electrons. The molecule has 3 aromatic rings. The minimum Gasteiger partial charge on any atom is -0.354 e. The van der Waals surface area contributed by atoms with Crippen molar-refractivity contribution in [3.63, 3.8) is 0 Å². The van der Waals surface area contributed by atoms with Gasteiger partial charge in [0.1, 0.15) is 0 Å². The van der Waals surface area contributed by atoms with Crippen LogP contribution in [0.5, 0.6) is 0 Å². The molecule has 1 N–H and O–H groups in total. The number of benzene rings is 2. The number of aryl methyl sites for hydroxylation is 1. The highest BCUT2D eigenvalue weighted by atomic mass is 32.2. The summed E-state index contributed by atoms with van der Waals surface area (Å²) in [6.45, 7) is 4.11. The Morgan fingerprint density at radius 2 is 1.87 bits per heavy atom. The molecule has 5 rings (SSSR count). The summed E-state index contributed by atoms with van der Waals surface area (Å²) in [5.74, 6) is 1.58. The number of nitrogens with one attached hydrogen (secondary N) is 1. The molecule has 0 aliphatic carbocycles. The first-order chi connectivity index (χ1) is 14.5. The summed E-state index contributed by atoms with van der Waals surface area (Å²) in [4.78, 5) is 2.07. The van der Waals surface area contributed by atoms with Crippen molar-refractivity contribution in [3.05, 3.63) is 66.2 Å². The molecule has 3 heterocycles. The van der Waals surface area contributed by atoms with Gasteiger partial charge in [0, 0.05) is 37.2 Å². The SMILES string of the molecule is Cc1ccc(S(=O)(=O)OC2C3CNCC3CN2c2cc(-c3ccccc3)on2)cc1. The molecular formula is C22H23N3O4S. The Kier molecular flexibility index (Phi) is 4.85. The van der Waals surface area contributed by atoms with E-state index in [9.17, 15) is 8.42 Å². The van der Waals surface area contributed by atoms with E-state index in [-0.39, 0.29) is 10.8 Å². The minimum atomic E-state index is -3.91. The first-order valence-electron chi connectivity index (χ1n) is 10.0. The summed E-state index contributed by atoms with van der Waals surface area (Å²) >= 11 is 0. The maximum Gasteiger partial charge on any atom is 0.298 e. The molecule has 156 valence electrons. The second-order valence-corrected chi connectivity index (χ2v) is 9.48. The molecule has 7 nitrogen and oxygen atoms in total. The zero-order valence-corrected chi connectivity index (χ0v) is 17.4. The fourth-order valence-electron chi connectivity index (χ4n) is 4.25. The van der Waals surface area contributed by atoms with E-state index in [4.69, 9.17) is 8.71 Å². The molecule has 2 saturated heterocycles. The molecule has 3 unspecified atom stereocenters. The second kappa shape index (κ2) is 7.54. The van der Waals surface area contributed by atoms with Gasteiger partial charge in [0.15, 0.2) is 17.8 Å². The van der Waals surface area contributed by atoms with Gasteiger partial charge in [-0.25, -0.2) is 4.18 Å². The van der Waals surface area contributed by atoms with Gasteiger partial charge < -0.3 is 14.7 Å². The smallest absolute Gasteiger partial charge is 0.298 e. The summed E-state index contributed by atoms with van der Waals surface area (Å²) < 4.78 is 37.3. The molecule has 0 amide bonds. The number of hydrogen-bond acceptors (Lipinski definition) is 7. The third kappa shape index (κ3) is 3.51. The van der Waals surface area contributed by atoms with Crippen LogP contribution in [-0.2, 0) is 14.3 Å². The highest BCUT2D eigenvalue weighted by Gasteiger charge is 2.48. The van der Waals surface area contributed by atoms with Crippen LogP contribution in [0.2, 0.25) is 0 Å². The lowest BCUT2D eigenvalue weighted by Crippen LogP contribution is -2.39. The van der Waals surface area contributed by atoms with E-state index >= 15 is 0 Å². The van der Waals surface area contributed by atoms with Crippen LogP contribution in [0.15, 0.2) is 70.1 Å². The van der Waals surface area contributed by atoms with Crippen molar-refractivity contribution >= 4 is 15.9 Å². The van der Waals surface area contributed by atoms with Crippen LogP contribution in [0.1, 0.15) is 5.56 Å². The number of rotatable bonds is 5. The first-order valence-corrected chi connectivity index (χ1v) is 11.4. The Balaban J connectivity index is 1.45. The average molecular weight is 426 g/mol. The van der Waals surface area contributed by atoms with Gasteiger partial charge in [-0.2, -0.15) is 8.42 Å². The van der Waals surface area contributed by atoms with Crippen molar-refractivity contribution in [2.24, 2.45) is 11.8 Å². The van der Waals surface area contributed by atoms with E-state index in [0.29, 0.717) is 30.6 Å². The summed E-state index contributed by atoms with van der Waals surface area (Å²) in [5.41, 5.74) is 1.91. The summed E-state index contributed by atoms with van der Waals surface area (Å²) in [5, 5.41) is 7.57. The first kappa shape index (κ1) is 19.3. The highest BCUT2D eigenvalue weighted by Crippen LogP contribution is 2.38. The van der Waals surface area contributed by atoms with Crippen molar-refractivity contribution in [1.82, 2.24) is 10.5 Å². The van der Waals surface area contributed by atoms with Crippen LogP contribution in [-0.4, -0.2) is 39.4 Å². The number of fused-ring (bicyclic) bond motifs is 1. The quantitative estimate of drug-likeness (QED) is 0.629. The predicted octanol–water partition coefficient (Wildman–Crippen LogP) is 3.04.